The second-order valence-electron chi connectivity index (χ2n) is 6.44. The molecule has 1 unspecified atom stereocenters. The van der Waals surface area contributed by atoms with Crippen LogP contribution in [-0.2, 0) is 6.54 Å². The molecular formula is C16H29N3O. The molecule has 1 atom stereocenters. The highest BCUT2D eigenvalue weighted by Crippen LogP contribution is 2.32. The van der Waals surface area contributed by atoms with Gasteiger partial charge in [-0.25, -0.2) is 0 Å². The molecule has 0 aliphatic carbocycles. The van der Waals surface area contributed by atoms with Gasteiger partial charge in [-0.05, 0) is 52.3 Å². The third-order valence-electron chi connectivity index (χ3n) is 4.56. The van der Waals surface area contributed by atoms with Crippen LogP contribution in [0, 0.1) is 0 Å². The van der Waals surface area contributed by atoms with E-state index in [4.69, 9.17) is 0 Å². The molecule has 1 N–H and O–H groups in total. The Morgan fingerprint density at radius 2 is 1.90 bits per heavy atom. The Morgan fingerprint density at radius 3 is 2.50 bits per heavy atom. The van der Waals surface area contributed by atoms with Gasteiger partial charge in [-0.2, -0.15) is 5.10 Å². The Labute approximate surface area is 122 Å². The molecule has 0 saturated carbocycles. The van der Waals surface area contributed by atoms with E-state index < -0.39 is 6.10 Å². The molecule has 1 saturated heterocycles. The van der Waals surface area contributed by atoms with Crippen molar-refractivity contribution in [1.82, 2.24) is 14.7 Å². The first kappa shape index (κ1) is 15.5. The minimum atomic E-state index is -0.491. The molecular weight excluding hydrogens is 250 g/mol. The van der Waals surface area contributed by atoms with E-state index in [1.54, 1.807) is 6.20 Å². The lowest BCUT2D eigenvalue weighted by Gasteiger charge is -2.41. The molecule has 4 nitrogen and oxygen atoms in total. The summed E-state index contributed by atoms with van der Waals surface area (Å²) in [5.41, 5.74) is 0.705. The van der Waals surface area contributed by atoms with E-state index in [9.17, 15) is 5.11 Å². The van der Waals surface area contributed by atoms with E-state index in [1.807, 2.05) is 10.7 Å². The molecule has 1 aromatic heterocycles. The Kier molecular flexibility index (Phi) is 5.22. The number of hydrogen-bond donors (Lipinski definition) is 1. The van der Waals surface area contributed by atoms with Gasteiger partial charge in [0.2, 0.25) is 0 Å². The Morgan fingerprint density at radius 1 is 1.25 bits per heavy atom. The summed E-state index contributed by atoms with van der Waals surface area (Å²) < 4.78 is 1.95. The average molecular weight is 279 g/mol. The summed E-state index contributed by atoms with van der Waals surface area (Å²) in [6.07, 6.45) is 7.45. The van der Waals surface area contributed by atoms with Crippen molar-refractivity contribution in [3.63, 3.8) is 0 Å². The Hall–Kier alpha value is -0.870. The van der Waals surface area contributed by atoms with Crippen molar-refractivity contribution in [2.45, 2.75) is 71.1 Å². The number of aliphatic hydroxyl groups is 1. The lowest BCUT2D eigenvalue weighted by atomic mass is 9.92. The minimum absolute atomic E-state index is 0.240. The molecule has 1 aliphatic rings. The SMILES string of the molecule is CCCn1nccc1C(O)C(C)(C)N1CCCCCC1. The summed E-state index contributed by atoms with van der Waals surface area (Å²) in [5.74, 6) is 0. The molecule has 2 rings (SSSR count). The number of aromatic nitrogens is 2. The lowest BCUT2D eigenvalue weighted by Crippen LogP contribution is -2.49. The average Bonchev–Trinajstić information content (AvgIpc) is 2.71. The highest BCUT2D eigenvalue weighted by atomic mass is 16.3. The summed E-state index contributed by atoms with van der Waals surface area (Å²) in [5, 5.41) is 15.2. The summed E-state index contributed by atoms with van der Waals surface area (Å²) in [4.78, 5) is 2.45. The first-order valence-corrected chi connectivity index (χ1v) is 8.02. The second-order valence-corrected chi connectivity index (χ2v) is 6.44. The van der Waals surface area contributed by atoms with Gasteiger partial charge in [0.25, 0.3) is 0 Å². The number of likely N-dealkylation sites (tertiary alicyclic amines) is 1. The van der Waals surface area contributed by atoms with Crippen LogP contribution in [0.3, 0.4) is 0 Å². The normalized spacial score (nSPS) is 19.8. The summed E-state index contributed by atoms with van der Waals surface area (Å²) in [7, 11) is 0. The quantitative estimate of drug-likeness (QED) is 0.901. The molecule has 0 radical (unpaired) electrons. The maximum absolute atomic E-state index is 10.9. The third kappa shape index (κ3) is 3.23. The van der Waals surface area contributed by atoms with E-state index in [2.05, 4.69) is 30.8 Å². The van der Waals surface area contributed by atoms with Crippen molar-refractivity contribution in [2.24, 2.45) is 0 Å². The van der Waals surface area contributed by atoms with Crippen LogP contribution in [0.5, 0.6) is 0 Å². The van der Waals surface area contributed by atoms with Gasteiger partial charge >= 0.3 is 0 Å². The van der Waals surface area contributed by atoms with Gasteiger partial charge in [-0.15, -0.1) is 0 Å². The first-order chi connectivity index (χ1) is 9.57. The van der Waals surface area contributed by atoms with Crippen LogP contribution >= 0.6 is 0 Å². The topological polar surface area (TPSA) is 41.3 Å². The minimum Gasteiger partial charge on any atom is -0.385 e. The van der Waals surface area contributed by atoms with Crippen LogP contribution in [0.25, 0.3) is 0 Å². The summed E-state index contributed by atoms with van der Waals surface area (Å²) in [6, 6.07) is 1.96. The fourth-order valence-electron chi connectivity index (χ4n) is 3.16. The standard InChI is InChI=1S/C16H29N3O/c1-4-11-19-14(9-10-17-19)15(20)16(2,3)18-12-7-5-6-8-13-18/h9-10,15,20H,4-8,11-13H2,1-3H3. The van der Waals surface area contributed by atoms with Crippen molar-refractivity contribution >= 4 is 0 Å². The van der Waals surface area contributed by atoms with Gasteiger partial charge in [-0.3, -0.25) is 9.58 Å². The fourth-order valence-corrected chi connectivity index (χ4v) is 3.16. The molecule has 1 aromatic rings. The molecule has 1 aliphatic heterocycles. The van der Waals surface area contributed by atoms with Crippen LogP contribution in [0.2, 0.25) is 0 Å². The third-order valence-corrected chi connectivity index (χ3v) is 4.56. The van der Waals surface area contributed by atoms with E-state index in [-0.39, 0.29) is 5.54 Å². The van der Waals surface area contributed by atoms with Gasteiger partial charge in [0.05, 0.1) is 5.69 Å². The molecule has 0 amide bonds. The number of hydrogen-bond acceptors (Lipinski definition) is 3. The number of nitrogens with zero attached hydrogens (tertiary/aromatic N) is 3. The van der Waals surface area contributed by atoms with Crippen molar-refractivity contribution in [1.29, 1.82) is 0 Å². The van der Waals surface area contributed by atoms with Crippen LogP contribution in [0.4, 0.5) is 0 Å². The van der Waals surface area contributed by atoms with Crippen molar-refractivity contribution in [2.75, 3.05) is 13.1 Å². The van der Waals surface area contributed by atoms with Crippen LogP contribution < -0.4 is 0 Å². The van der Waals surface area contributed by atoms with Gasteiger partial charge in [0.1, 0.15) is 6.10 Å². The van der Waals surface area contributed by atoms with Gasteiger partial charge < -0.3 is 5.11 Å². The maximum atomic E-state index is 10.9. The zero-order chi connectivity index (χ0) is 14.6. The monoisotopic (exact) mass is 279 g/mol. The van der Waals surface area contributed by atoms with E-state index >= 15 is 0 Å². The van der Waals surface area contributed by atoms with Crippen molar-refractivity contribution in [3.8, 4) is 0 Å². The largest absolute Gasteiger partial charge is 0.385 e. The molecule has 0 aromatic carbocycles. The zero-order valence-electron chi connectivity index (χ0n) is 13.2. The molecule has 1 fully saturated rings. The maximum Gasteiger partial charge on any atom is 0.113 e. The molecule has 2 heterocycles. The van der Waals surface area contributed by atoms with E-state index in [0.29, 0.717) is 0 Å². The molecule has 4 heteroatoms. The Bertz CT molecular complexity index is 406. The van der Waals surface area contributed by atoms with Gasteiger partial charge in [-0.1, -0.05) is 19.8 Å². The number of rotatable bonds is 5. The molecule has 114 valence electrons. The van der Waals surface area contributed by atoms with Crippen LogP contribution in [-0.4, -0.2) is 38.4 Å². The second kappa shape index (κ2) is 6.72. The molecule has 0 spiro atoms. The predicted octanol–water partition coefficient (Wildman–Crippen LogP) is 2.98. The number of aryl methyl sites for hydroxylation is 1. The molecule has 20 heavy (non-hydrogen) atoms. The van der Waals surface area contributed by atoms with Crippen LogP contribution in [0.1, 0.15) is 64.7 Å². The van der Waals surface area contributed by atoms with E-state index in [0.717, 1.165) is 31.7 Å². The Balaban J connectivity index is 2.16. The summed E-state index contributed by atoms with van der Waals surface area (Å²) in [6.45, 7) is 9.50. The fraction of sp³-hybridized carbons (Fsp3) is 0.812. The first-order valence-electron chi connectivity index (χ1n) is 8.02. The summed E-state index contributed by atoms with van der Waals surface area (Å²) >= 11 is 0. The number of aliphatic hydroxyl groups excluding tert-OH is 1. The predicted molar refractivity (Wildman–Crippen MR) is 81.6 cm³/mol. The lowest BCUT2D eigenvalue weighted by molar-refractivity contribution is -0.0148. The van der Waals surface area contributed by atoms with Gasteiger partial charge in [0.15, 0.2) is 0 Å². The smallest absolute Gasteiger partial charge is 0.113 e. The van der Waals surface area contributed by atoms with Crippen LogP contribution in [0.15, 0.2) is 12.3 Å². The van der Waals surface area contributed by atoms with E-state index in [1.165, 1.54) is 25.7 Å². The highest BCUT2D eigenvalue weighted by Gasteiger charge is 2.36. The van der Waals surface area contributed by atoms with Crippen molar-refractivity contribution in [3.05, 3.63) is 18.0 Å². The van der Waals surface area contributed by atoms with Gasteiger partial charge in [0, 0.05) is 18.3 Å². The zero-order valence-corrected chi connectivity index (χ0v) is 13.2. The molecule has 0 bridgehead atoms. The highest BCUT2D eigenvalue weighted by molar-refractivity contribution is 5.11. The van der Waals surface area contributed by atoms with Crippen molar-refractivity contribution < 1.29 is 5.11 Å².